The number of carbonyl (C=O) groups excluding carboxylic acids is 3. The predicted molar refractivity (Wildman–Crippen MR) is 141 cm³/mol. The molecule has 198 valence electrons. The van der Waals surface area contributed by atoms with Crippen molar-refractivity contribution in [1.29, 1.82) is 0 Å². The summed E-state index contributed by atoms with van der Waals surface area (Å²) < 4.78 is 9.34. The second-order valence-electron chi connectivity index (χ2n) is 10.2. The Labute approximate surface area is 221 Å². The molecule has 0 radical (unpaired) electrons. The molecule has 2 amide bonds. The molecule has 0 saturated carbocycles. The Kier molecular flexibility index (Phi) is 7.11. The number of likely N-dealkylation sites (tertiary alicyclic amines) is 1. The first-order valence-electron chi connectivity index (χ1n) is 13.0. The number of methoxy groups -OCH3 is 1. The van der Waals surface area contributed by atoms with E-state index in [-0.39, 0.29) is 24.4 Å². The minimum atomic E-state index is -0.906. The van der Waals surface area contributed by atoms with E-state index < -0.39 is 27.4 Å². The maximum absolute atomic E-state index is 14.4. The summed E-state index contributed by atoms with van der Waals surface area (Å²) >= 11 is 1.55. The van der Waals surface area contributed by atoms with Gasteiger partial charge in [-0.25, -0.2) is 0 Å². The molecule has 1 aromatic carbocycles. The standard InChI is InChI=1S/C28H34N2O6S/c1-27-13-4-3-7-18-36-26(34)22(27)21-24(32)30(15-5-6-17-31)23-25(33)29(16-8-14-28(21,23)37-27)19-9-11-20(35-2)12-10-19/h4,8-14,21-23,31H,3,5-7,15-18H2,1-2H3/b13-4-/t21-,22-,23?,27+,28-/m0/s1. The van der Waals surface area contributed by atoms with Crippen molar-refractivity contribution in [2.24, 2.45) is 11.8 Å². The predicted octanol–water partition coefficient (Wildman–Crippen LogP) is 2.95. The number of fused-ring (bicyclic) bond motifs is 2. The van der Waals surface area contributed by atoms with Gasteiger partial charge in [-0.15, -0.1) is 11.8 Å². The highest BCUT2D eigenvalue weighted by Crippen LogP contribution is 2.65. The van der Waals surface area contributed by atoms with Crippen molar-refractivity contribution in [3.63, 3.8) is 0 Å². The number of cyclic esters (lactones) is 1. The molecule has 4 aliphatic heterocycles. The Balaban J connectivity index is 1.60. The summed E-state index contributed by atoms with van der Waals surface area (Å²) in [6.45, 7) is 3.02. The number of allylic oxidation sites excluding steroid dienone is 1. The largest absolute Gasteiger partial charge is 0.497 e. The molecule has 1 spiro atoms. The lowest BCUT2D eigenvalue weighted by atomic mass is 9.74. The molecule has 5 rings (SSSR count). The highest BCUT2D eigenvalue weighted by molar-refractivity contribution is 8.02. The summed E-state index contributed by atoms with van der Waals surface area (Å²) in [4.78, 5) is 45.3. The number of carbonyl (C=O) groups is 3. The summed E-state index contributed by atoms with van der Waals surface area (Å²) in [7, 11) is 1.59. The minimum absolute atomic E-state index is 0.0135. The monoisotopic (exact) mass is 526 g/mol. The minimum Gasteiger partial charge on any atom is -0.497 e. The van der Waals surface area contributed by atoms with Crippen LogP contribution in [0.25, 0.3) is 0 Å². The fourth-order valence-electron chi connectivity index (χ4n) is 6.26. The van der Waals surface area contributed by atoms with Gasteiger partial charge in [-0.3, -0.25) is 14.4 Å². The first kappa shape index (κ1) is 25.9. The number of hydrogen-bond acceptors (Lipinski definition) is 7. The van der Waals surface area contributed by atoms with Crippen LogP contribution in [0.4, 0.5) is 5.69 Å². The number of anilines is 1. The zero-order chi connectivity index (χ0) is 26.2. The molecule has 8 nitrogen and oxygen atoms in total. The van der Waals surface area contributed by atoms with Crippen LogP contribution >= 0.6 is 11.8 Å². The Morgan fingerprint density at radius 3 is 2.59 bits per heavy atom. The van der Waals surface area contributed by atoms with Crippen LogP contribution in [0, 0.1) is 11.8 Å². The number of rotatable bonds is 6. The van der Waals surface area contributed by atoms with E-state index in [0.717, 1.165) is 18.5 Å². The maximum atomic E-state index is 14.4. The normalized spacial score (nSPS) is 34.0. The fourth-order valence-corrected chi connectivity index (χ4v) is 8.42. The average Bonchev–Trinajstić information content (AvgIpc) is 3.23. The van der Waals surface area contributed by atoms with Gasteiger partial charge in [0.15, 0.2) is 0 Å². The SMILES string of the molecule is COc1ccc(N2CC=C[C@]34S[C@]5(C)/C=C\CCCOC(=O)[C@@H]5[C@H]3C(=O)N(CCCCO)C4C2=O)cc1. The maximum Gasteiger partial charge on any atom is 0.311 e. The third-order valence-corrected chi connectivity index (χ3v) is 9.74. The third-order valence-electron chi connectivity index (χ3n) is 7.94. The van der Waals surface area contributed by atoms with Gasteiger partial charge in [0, 0.05) is 30.1 Å². The van der Waals surface area contributed by atoms with Gasteiger partial charge < -0.3 is 24.4 Å². The second kappa shape index (κ2) is 10.2. The number of amides is 2. The van der Waals surface area contributed by atoms with Crippen molar-refractivity contribution in [3.8, 4) is 5.75 Å². The Morgan fingerprint density at radius 1 is 1.08 bits per heavy atom. The van der Waals surface area contributed by atoms with E-state index in [0.29, 0.717) is 38.3 Å². The number of thioether (sulfide) groups is 1. The molecule has 0 aliphatic carbocycles. The van der Waals surface area contributed by atoms with Gasteiger partial charge in [-0.2, -0.15) is 0 Å². The van der Waals surface area contributed by atoms with E-state index in [1.165, 1.54) is 0 Å². The Bertz CT molecular complexity index is 1120. The topological polar surface area (TPSA) is 96.4 Å². The van der Waals surface area contributed by atoms with Gasteiger partial charge in [0.05, 0.1) is 30.3 Å². The van der Waals surface area contributed by atoms with Gasteiger partial charge >= 0.3 is 5.97 Å². The fraction of sp³-hybridized carbons (Fsp3) is 0.536. The third kappa shape index (κ3) is 4.26. The van der Waals surface area contributed by atoms with Gasteiger partial charge in [0.1, 0.15) is 11.8 Å². The van der Waals surface area contributed by atoms with Gasteiger partial charge in [-0.05, 0) is 56.9 Å². The zero-order valence-electron chi connectivity index (χ0n) is 21.3. The molecular formula is C28H34N2O6S. The molecular weight excluding hydrogens is 492 g/mol. The van der Waals surface area contributed by atoms with Crippen molar-refractivity contribution in [2.45, 2.75) is 48.1 Å². The summed E-state index contributed by atoms with van der Waals surface area (Å²) in [6, 6.07) is 6.53. The zero-order valence-corrected chi connectivity index (χ0v) is 22.1. The van der Waals surface area contributed by atoms with E-state index >= 15 is 0 Å². The van der Waals surface area contributed by atoms with Crippen molar-refractivity contribution >= 4 is 35.2 Å². The number of ether oxygens (including phenoxy) is 2. The molecule has 0 bridgehead atoms. The molecule has 5 atom stereocenters. The van der Waals surface area contributed by atoms with Crippen LogP contribution in [0.2, 0.25) is 0 Å². The molecule has 4 heterocycles. The molecule has 1 aromatic rings. The van der Waals surface area contributed by atoms with E-state index in [1.807, 2.05) is 49.4 Å². The highest BCUT2D eigenvalue weighted by Gasteiger charge is 2.73. The number of benzene rings is 1. The number of aliphatic hydroxyl groups excluding tert-OH is 1. The van der Waals surface area contributed by atoms with Crippen LogP contribution in [-0.2, 0) is 19.1 Å². The summed E-state index contributed by atoms with van der Waals surface area (Å²) in [5.41, 5.74) is 0.717. The van der Waals surface area contributed by atoms with Gasteiger partial charge in [0.25, 0.3) is 5.91 Å². The summed E-state index contributed by atoms with van der Waals surface area (Å²) in [5.74, 6) is -1.46. The molecule has 0 aromatic heterocycles. The van der Waals surface area contributed by atoms with Crippen molar-refractivity contribution in [3.05, 3.63) is 48.6 Å². The van der Waals surface area contributed by atoms with Crippen LogP contribution in [-0.4, -0.2) is 76.7 Å². The molecule has 1 unspecified atom stereocenters. The van der Waals surface area contributed by atoms with Gasteiger partial charge in [0.2, 0.25) is 5.91 Å². The molecule has 1 N–H and O–H groups in total. The molecule has 9 heteroatoms. The smallest absolute Gasteiger partial charge is 0.311 e. The number of esters is 1. The summed E-state index contributed by atoms with van der Waals surface area (Å²) in [6.07, 6.45) is 10.7. The van der Waals surface area contributed by atoms with E-state index in [4.69, 9.17) is 9.47 Å². The van der Waals surface area contributed by atoms with Crippen LogP contribution in [0.1, 0.15) is 32.6 Å². The molecule has 37 heavy (non-hydrogen) atoms. The molecule has 4 aliphatic rings. The van der Waals surface area contributed by atoms with Crippen LogP contribution in [0.15, 0.2) is 48.6 Å². The van der Waals surface area contributed by atoms with Crippen LogP contribution in [0.5, 0.6) is 5.75 Å². The van der Waals surface area contributed by atoms with Crippen LogP contribution < -0.4 is 9.64 Å². The molecule has 2 fully saturated rings. The van der Waals surface area contributed by atoms with E-state index in [9.17, 15) is 19.5 Å². The highest BCUT2D eigenvalue weighted by atomic mass is 32.2. The first-order valence-corrected chi connectivity index (χ1v) is 13.8. The lowest BCUT2D eigenvalue weighted by molar-refractivity contribution is -0.154. The van der Waals surface area contributed by atoms with Gasteiger partial charge in [-0.1, -0.05) is 24.3 Å². The van der Waals surface area contributed by atoms with Crippen molar-refractivity contribution < 1.29 is 29.0 Å². The number of hydrogen-bond donors (Lipinski definition) is 1. The van der Waals surface area contributed by atoms with Crippen molar-refractivity contribution in [1.82, 2.24) is 4.90 Å². The lowest BCUT2D eigenvalue weighted by Gasteiger charge is -2.37. The first-order chi connectivity index (χ1) is 17.9. The van der Waals surface area contributed by atoms with Crippen molar-refractivity contribution in [2.75, 3.05) is 38.3 Å². The summed E-state index contributed by atoms with van der Waals surface area (Å²) in [5, 5.41) is 9.36. The van der Waals surface area contributed by atoms with E-state index in [1.54, 1.807) is 28.7 Å². The number of nitrogens with zero attached hydrogens (tertiary/aromatic N) is 2. The number of aliphatic hydroxyl groups is 1. The number of unbranched alkanes of at least 4 members (excludes halogenated alkanes) is 1. The molecule has 2 saturated heterocycles. The lowest BCUT2D eigenvalue weighted by Crippen LogP contribution is -2.53. The second-order valence-corrected chi connectivity index (χ2v) is 12.0. The Morgan fingerprint density at radius 2 is 1.86 bits per heavy atom. The van der Waals surface area contributed by atoms with Crippen LogP contribution in [0.3, 0.4) is 0 Å². The van der Waals surface area contributed by atoms with E-state index in [2.05, 4.69) is 6.08 Å². The quantitative estimate of drug-likeness (QED) is 0.346. The Hall–Kier alpha value is -2.78. The average molecular weight is 527 g/mol.